The second kappa shape index (κ2) is 5.54. The molecular formula is C12H17N5. The topological polar surface area (TPSA) is 55.6 Å². The summed E-state index contributed by atoms with van der Waals surface area (Å²) in [5.41, 5.74) is 2.14. The average Bonchev–Trinajstić information content (AvgIpc) is 2.71. The van der Waals surface area contributed by atoms with Gasteiger partial charge < -0.3 is 5.32 Å². The average molecular weight is 231 g/mol. The van der Waals surface area contributed by atoms with E-state index in [2.05, 4.69) is 20.4 Å². The lowest BCUT2D eigenvalue weighted by molar-refractivity contribution is 0.654. The lowest BCUT2D eigenvalue weighted by Crippen LogP contribution is -2.18. The first-order chi connectivity index (χ1) is 8.24. The van der Waals surface area contributed by atoms with Crippen molar-refractivity contribution < 1.29 is 0 Å². The minimum atomic E-state index is 0.774. The van der Waals surface area contributed by atoms with E-state index in [1.54, 1.807) is 6.20 Å². The van der Waals surface area contributed by atoms with Gasteiger partial charge in [-0.05, 0) is 19.1 Å². The fourth-order valence-corrected chi connectivity index (χ4v) is 1.63. The quantitative estimate of drug-likeness (QED) is 0.775. The van der Waals surface area contributed by atoms with Crippen molar-refractivity contribution in [3.63, 3.8) is 0 Å². The molecule has 2 heterocycles. The first kappa shape index (κ1) is 11.7. The summed E-state index contributed by atoms with van der Waals surface area (Å²) in [4.78, 5) is 8.40. The molecule has 0 atom stereocenters. The van der Waals surface area contributed by atoms with Crippen molar-refractivity contribution in [2.45, 2.75) is 19.9 Å². The molecule has 0 amide bonds. The minimum absolute atomic E-state index is 0.774. The number of hydrogen-bond donors (Lipinski definition) is 1. The molecule has 17 heavy (non-hydrogen) atoms. The molecule has 0 saturated carbocycles. The number of rotatable bonds is 5. The van der Waals surface area contributed by atoms with Crippen molar-refractivity contribution >= 4 is 0 Å². The standard InChI is InChI=1S/C12H17N5/c1-10-14-7-4-12(15-10)9-13-6-3-11-5-8-17(2)16-11/h4-5,7-8,13H,3,6,9H2,1-2H3. The molecule has 0 aromatic carbocycles. The molecule has 0 spiro atoms. The number of aryl methyl sites for hydroxylation is 2. The third kappa shape index (κ3) is 3.64. The summed E-state index contributed by atoms with van der Waals surface area (Å²) in [5.74, 6) is 0.814. The zero-order chi connectivity index (χ0) is 12.1. The molecule has 5 nitrogen and oxygen atoms in total. The third-order valence-electron chi connectivity index (χ3n) is 2.47. The van der Waals surface area contributed by atoms with Gasteiger partial charge in [-0.3, -0.25) is 4.68 Å². The van der Waals surface area contributed by atoms with Crippen LogP contribution in [0.15, 0.2) is 24.5 Å². The fourth-order valence-electron chi connectivity index (χ4n) is 1.63. The van der Waals surface area contributed by atoms with Gasteiger partial charge in [0, 0.05) is 39.0 Å². The fraction of sp³-hybridized carbons (Fsp3) is 0.417. The van der Waals surface area contributed by atoms with E-state index in [1.165, 1.54) is 0 Å². The maximum Gasteiger partial charge on any atom is 0.125 e. The molecule has 0 saturated heterocycles. The molecular weight excluding hydrogens is 214 g/mol. The highest BCUT2D eigenvalue weighted by molar-refractivity contribution is 5.02. The summed E-state index contributed by atoms with van der Waals surface area (Å²) in [6.45, 7) is 3.58. The van der Waals surface area contributed by atoms with Crippen molar-refractivity contribution in [3.05, 3.63) is 41.7 Å². The van der Waals surface area contributed by atoms with Gasteiger partial charge in [0.1, 0.15) is 5.82 Å². The van der Waals surface area contributed by atoms with Gasteiger partial charge in [0.05, 0.1) is 11.4 Å². The second-order valence-corrected chi connectivity index (χ2v) is 4.00. The Labute approximate surface area is 101 Å². The van der Waals surface area contributed by atoms with Crippen LogP contribution in [0.25, 0.3) is 0 Å². The van der Waals surface area contributed by atoms with E-state index in [1.807, 2.05) is 37.0 Å². The number of hydrogen-bond acceptors (Lipinski definition) is 4. The van der Waals surface area contributed by atoms with E-state index in [0.29, 0.717) is 0 Å². The summed E-state index contributed by atoms with van der Waals surface area (Å²) in [5, 5.41) is 7.67. The van der Waals surface area contributed by atoms with Crippen LogP contribution in [0.3, 0.4) is 0 Å². The first-order valence-electron chi connectivity index (χ1n) is 5.72. The van der Waals surface area contributed by atoms with Crippen molar-refractivity contribution in [2.75, 3.05) is 6.54 Å². The van der Waals surface area contributed by atoms with E-state index in [4.69, 9.17) is 0 Å². The normalized spacial score (nSPS) is 10.7. The van der Waals surface area contributed by atoms with Crippen LogP contribution in [0.5, 0.6) is 0 Å². The summed E-state index contributed by atoms with van der Waals surface area (Å²) < 4.78 is 1.82. The molecule has 0 aliphatic heterocycles. The van der Waals surface area contributed by atoms with Gasteiger partial charge in [-0.25, -0.2) is 9.97 Å². The van der Waals surface area contributed by atoms with Crippen LogP contribution in [0.2, 0.25) is 0 Å². The molecule has 2 aromatic heterocycles. The van der Waals surface area contributed by atoms with Gasteiger partial charge in [0.15, 0.2) is 0 Å². The SMILES string of the molecule is Cc1nccc(CNCCc2ccn(C)n2)n1. The van der Waals surface area contributed by atoms with Crippen LogP contribution in [0, 0.1) is 6.92 Å². The Morgan fingerprint density at radius 1 is 1.29 bits per heavy atom. The molecule has 2 aromatic rings. The number of aromatic nitrogens is 4. The lowest BCUT2D eigenvalue weighted by Gasteiger charge is -2.03. The van der Waals surface area contributed by atoms with E-state index >= 15 is 0 Å². The number of nitrogens with one attached hydrogen (secondary N) is 1. The van der Waals surface area contributed by atoms with Gasteiger partial charge in [-0.1, -0.05) is 0 Å². The highest BCUT2D eigenvalue weighted by Crippen LogP contribution is 1.96. The molecule has 0 aliphatic carbocycles. The summed E-state index contributed by atoms with van der Waals surface area (Å²) in [7, 11) is 1.93. The molecule has 0 fully saturated rings. The Balaban J connectivity index is 1.73. The van der Waals surface area contributed by atoms with E-state index in [9.17, 15) is 0 Å². The third-order valence-corrected chi connectivity index (χ3v) is 2.47. The summed E-state index contributed by atoms with van der Waals surface area (Å²) in [6.07, 6.45) is 4.69. The smallest absolute Gasteiger partial charge is 0.125 e. The van der Waals surface area contributed by atoms with E-state index in [-0.39, 0.29) is 0 Å². The van der Waals surface area contributed by atoms with Gasteiger partial charge in [-0.2, -0.15) is 5.10 Å². The first-order valence-corrected chi connectivity index (χ1v) is 5.72. The zero-order valence-corrected chi connectivity index (χ0v) is 10.2. The Morgan fingerprint density at radius 2 is 2.18 bits per heavy atom. The molecule has 5 heteroatoms. The Morgan fingerprint density at radius 3 is 2.88 bits per heavy atom. The molecule has 0 radical (unpaired) electrons. The van der Waals surface area contributed by atoms with Crippen molar-refractivity contribution in [1.29, 1.82) is 0 Å². The summed E-state index contributed by atoms with van der Waals surface area (Å²) >= 11 is 0. The predicted molar refractivity (Wildman–Crippen MR) is 65.4 cm³/mol. The van der Waals surface area contributed by atoms with Crippen molar-refractivity contribution in [2.24, 2.45) is 7.05 Å². The van der Waals surface area contributed by atoms with Gasteiger partial charge in [-0.15, -0.1) is 0 Å². The van der Waals surface area contributed by atoms with E-state index < -0.39 is 0 Å². The molecule has 0 aliphatic rings. The van der Waals surface area contributed by atoms with Crippen LogP contribution in [-0.4, -0.2) is 26.3 Å². The van der Waals surface area contributed by atoms with Crippen LogP contribution in [-0.2, 0) is 20.0 Å². The van der Waals surface area contributed by atoms with Crippen molar-refractivity contribution in [3.8, 4) is 0 Å². The zero-order valence-electron chi connectivity index (χ0n) is 10.2. The molecule has 0 unspecified atom stereocenters. The monoisotopic (exact) mass is 231 g/mol. The molecule has 90 valence electrons. The van der Waals surface area contributed by atoms with Crippen LogP contribution >= 0.6 is 0 Å². The van der Waals surface area contributed by atoms with E-state index in [0.717, 1.165) is 36.7 Å². The Hall–Kier alpha value is -1.75. The maximum atomic E-state index is 4.33. The molecule has 0 bridgehead atoms. The highest BCUT2D eigenvalue weighted by Gasteiger charge is 1.98. The number of nitrogens with zero attached hydrogens (tertiary/aromatic N) is 4. The summed E-state index contributed by atoms with van der Waals surface area (Å²) in [6, 6.07) is 3.97. The van der Waals surface area contributed by atoms with Gasteiger partial charge in [0.25, 0.3) is 0 Å². The Kier molecular flexibility index (Phi) is 3.82. The van der Waals surface area contributed by atoms with Crippen LogP contribution in [0.4, 0.5) is 0 Å². The maximum absolute atomic E-state index is 4.33. The minimum Gasteiger partial charge on any atom is -0.311 e. The predicted octanol–water partition coefficient (Wildman–Crippen LogP) is 0.851. The van der Waals surface area contributed by atoms with Gasteiger partial charge >= 0.3 is 0 Å². The lowest BCUT2D eigenvalue weighted by atomic mass is 10.3. The highest BCUT2D eigenvalue weighted by atomic mass is 15.2. The molecule has 1 N–H and O–H groups in total. The molecule has 2 rings (SSSR count). The largest absolute Gasteiger partial charge is 0.311 e. The van der Waals surface area contributed by atoms with Crippen LogP contribution in [0.1, 0.15) is 17.2 Å². The van der Waals surface area contributed by atoms with Gasteiger partial charge in [0.2, 0.25) is 0 Å². The van der Waals surface area contributed by atoms with Crippen molar-refractivity contribution in [1.82, 2.24) is 25.1 Å². The Bertz CT molecular complexity index is 477. The van der Waals surface area contributed by atoms with Crippen LogP contribution < -0.4 is 5.32 Å². The second-order valence-electron chi connectivity index (χ2n) is 4.00.